The normalized spacial score (nSPS) is 12.2. The van der Waals surface area contributed by atoms with Gasteiger partial charge in [0.1, 0.15) is 5.82 Å². The lowest BCUT2D eigenvalue weighted by molar-refractivity contribution is 0.616. The highest BCUT2D eigenvalue weighted by molar-refractivity contribution is 9.10. The zero-order valence-corrected chi connectivity index (χ0v) is 14.2. The Balaban J connectivity index is 2.19. The maximum absolute atomic E-state index is 13.1. The van der Waals surface area contributed by atoms with E-state index in [-0.39, 0.29) is 11.9 Å². The highest BCUT2D eigenvalue weighted by atomic mass is 79.9. The molecule has 112 valence electrons. The van der Waals surface area contributed by atoms with Crippen molar-refractivity contribution in [1.29, 1.82) is 0 Å². The van der Waals surface area contributed by atoms with Crippen LogP contribution in [-0.2, 0) is 0 Å². The molecular formula is C17H18BrClFN. The summed E-state index contributed by atoms with van der Waals surface area (Å²) in [7, 11) is 0. The smallest absolute Gasteiger partial charge is 0.123 e. The van der Waals surface area contributed by atoms with Crippen LogP contribution in [0.2, 0.25) is 5.02 Å². The van der Waals surface area contributed by atoms with Crippen LogP contribution in [0.15, 0.2) is 46.9 Å². The zero-order chi connectivity index (χ0) is 15.2. The molecule has 0 saturated heterocycles. The minimum atomic E-state index is -0.206. The Hall–Kier alpha value is -1.06. The fourth-order valence-corrected chi connectivity index (χ4v) is 2.71. The van der Waals surface area contributed by atoms with Crippen molar-refractivity contribution in [3.63, 3.8) is 0 Å². The lowest BCUT2D eigenvalue weighted by atomic mass is 10.0. The lowest BCUT2D eigenvalue weighted by Gasteiger charge is -2.21. The van der Waals surface area contributed by atoms with E-state index in [1.165, 1.54) is 12.1 Å². The van der Waals surface area contributed by atoms with Gasteiger partial charge in [0.25, 0.3) is 0 Å². The Morgan fingerprint density at radius 3 is 2.52 bits per heavy atom. The first-order chi connectivity index (χ1) is 10.1. The summed E-state index contributed by atoms with van der Waals surface area (Å²) in [6, 6.07) is 12.6. The van der Waals surface area contributed by atoms with Crippen molar-refractivity contribution < 1.29 is 4.39 Å². The first-order valence-corrected chi connectivity index (χ1v) is 8.24. The van der Waals surface area contributed by atoms with Gasteiger partial charge in [-0.1, -0.05) is 43.5 Å². The first-order valence-electron chi connectivity index (χ1n) is 7.07. The molecule has 0 spiro atoms. The molecule has 0 amide bonds. The van der Waals surface area contributed by atoms with Crippen molar-refractivity contribution >= 4 is 33.2 Å². The number of unbranched alkanes of at least 4 members (excludes halogenated alkanes) is 1. The second kappa shape index (κ2) is 7.81. The standard InChI is InChI=1S/C17H18BrClFN/c1-2-3-4-17(12-5-7-13(20)8-6-12)21-14-9-10-16(19)15(18)11-14/h5-11,17,21H,2-4H2,1H3. The summed E-state index contributed by atoms with van der Waals surface area (Å²) in [6.45, 7) is 2.17. The number of hydrogen-bond acceptors (Lipinski definition) is 1. The third-order valence-electron chi connectivity index (χ3n) is 3.38. The summed E-state index contributed by atoms with van der Waals surface area (Å²) in [5, 5.41) is 4.19. The number of benzene rings is 2. The Kier molecular flexibility index (Phi) is 6.07. The van der Waals surface area contributed by atoms with Gasteiger partial charge in [0, 0.05) is 10.2 Å². The minimum Gasteiger partial charge on any atom is -0.378 e. The maximum atomic E-state index is 13.1. The predicted octanol–water partition coefficient (Wildman–Crippen LogP) is 6.59. The van der Waals surface area contributed by atoms with Crippen LogP contribution < -0.4 is 5.32 Å². The average Bonchev–Trinajstić information content (AvgIpc) is 2.48. The van der Waals surface area contributed by atoms with Gasteiger partial charge in [-0.25, -0.2) is 4.39 Å². The predicted molar refractivity (Wildman–Crippen MR) is 91.4 cm³/mol. The topological polar surface area (TPSA) is 12.0 Å². The van der Waals surface area contributed by atoms with E-state index in [4.69, 9.17) is 11.6 Å². The lowest BCUT2D eigenvalue weighted by Crippen LogP contribution is -2.11. The molecule has 0 saturated carbocycles. The molecule has 4 heteroatoms. The summed E-state index contributed by atoms with van der Waals surface area (Å²) < 4.78 is 13.9. The van der Waals surface area contributed by atoms with Crippen LogP contribution in [-0.4, -0.2) is 0 Å². The molecule has 0 fully saturated rings. The van der Waals surface area contributed by atoms with Crippen LogP contribution in [0.1, 0.15) is 37.8 Å². The summed E-state index contributed by atoms with van der Waals surface area (Å²) in [4.78, 5) is 0. The second-order valence-electron chi connectivity index (χ2n) is 5.02. The van der Waals surface area contributed by atoms with Crippen LogP contribution >= 0.6 is 27.5 Å². The summed E-state index contributed by atoms with van der Waals surface area (Å²) in [6.07, 6.45) is 3.25. The average molecular weight is 371 g/mol. The van der Waals surface area contributed by atoms with E-state index < -0.39 is 0 Å². The van der Waals surface area contributed by atoms with E-state index in [2.05, 4.69) is 28.2 Å². The minimum absolute atomic E-state index is 0.165. The molecule has 0 radical (unpaired) electrons. The van der Waals surface area contributed by atoms with Gasteiger partial charge in [0.05, 0.1) is 11.1 Å². The van der Waals surface area contributed by atoms with Crippen molar-refractivity contribution in [2.24, 2.45) is 0 Å². The molecule has 0 aliphatic carbocycles. The number of anilines is 1. The van der Waals surface area contributed by atoms with Crippen LogP contribution in [0.5, 0.6) is 0 Å². The fourth-order valence-electron chi connectivity index (χ4n) is 2.21. The number of halogens is 3. The summed E-state index contributed by atoms with van der Waals surface area (Å²) in [5.41, 5.74) is 2.09. The molecule has 1 atom stereocenters. The fraction of sp³-hybridized carbons (Fsp3) is 0.294. The van der Waals surface area contributed by atoms with Gasteiger partial charge < -0.3 is 5.32 Å². The SMILES string of the molecule is CCCCC(Nc1ccc(Cl)c(Br)c1)c1ccc(F)cc1. The van der Waals surface area contributed by atoms with Crippen molar-refractivity contribution in [2.45, 2.75) is 32.2 Å². The van der Waals surface area contributed by atoms with Gasteiger partial charge in [-0.05, 0) is 58.2 Å². The monoisotopic (exact) mass is 369 g/mol. The zero-order valence-electron chi connectivity index (χ0n) is 11.9. The molecule has 0 aliphatic heterocycles. The number of rotatable bonds is 6. The highest BCUT2D eigenvalue weighted by Gasteiger charge is 2.12. The van der Waals surface area contributed by atoms with Crippen LogP contribution in [0.25, 0.3) is 0 Å². The van der Waals surface area contributed by atoms with E-state index in [1.807, 2.05) is 30.3 Å². The first kappa shape index (κ1) is 16.3. The number of hydrogen-bond donors (Lipinski definition) is 1. The molecule has 2 rings (SSSR count). The van der Waals surface area contributed by atoms with Gasteiger partial charge in [-0.3, -0.25) is 0 Å². The van der Waals surface area contributed by atoms with Crippen LogP contribution in [0, 0.1) is 5.82 Å². The summed E-state index contributed by atoms with van der Waals surface area (Å²) in [5.74, 6) is -0.206. The van der Waals surface area contributed by atoms with E-state index in [0.29, 0.717) is 5.02 Å². The van der Waals surface area contributed by atoms with Gasteiger partial charge in [0.15, 0.2) is 0 Å². The Labute approximate surface area is 138 Å². The molecule has 2 aromatic rings. The van der Waals surface area contributed by atoms with Crippen LogP contribution in [0.4, 0.5) is 10.1 Å². The van der Waals surface area contributed by atoms with Gasteiger partial charge >= 0.3 is 0 Å². The van der Waals surface area contributed by atoms with E-state index >= 15 is 0 Å². The second-order valence-corrected chi connectivity index (χ2v) is 6.28. The Morgan fingerprint density at radius 2 is 1.90 bits per heavy atom. The van der Waals surface area contributed by atoms with Crippen molar-refractivity contribution in [3.05, 3.63) is 63.3 Å². The molecule has 21 heavy (non-hydrogen) atoms. The Morgan fingerprint density at radius 1 is 1.19 bits per heavy atom. The molecule has 0 aliphatic rings. The van der Waals surface area contributed by atoms with E-state index in [9.17, 15) is 4.39 Å². The van der Waals surface area contributed by atoms with Gasteiger partial charge in [-0.2, -0.15) is 0 Å². The molecule has 2 aromatic carbocycles. The van der Waals surface area contributed by atoms with Gasteiger partial charge in [-0.15, -0.1) is 0 Å². The largest absolute Gasteiger partial charge is 0.378 e. The Bertz CT molecular complexity index is 586. The van der Waals surface area contributed by atoms with Gasteiger partial charge in [0.2, 0.25) is 0 Å². The molecule has 1 N–H and O–H groups in total. The molecule has 1 unspecified atom stereocenters. The third-order valence-corrected chi connectivity index (χ3v) is 4.59. The summed E-state index contributed by atoms with van der Waals surface area (Å²) >= 11 is 9.45. The van der Waals surface area contributed by atoms with Crippen molar-refractivity contribution in [3.8, 4) is 0 Å². The van der Waals surface area contributed by atoms with Crippen molar-refractivity contribution in [2.75, 3.05) is 5.32 Å². The molecule has 1 nitrogen and oxygen atoms in total. The van der Waals surface area contributed by atoms with Crippen molar-refractivity contribution in [1.82, 2.24) is 0 Å². The quantitative estimate of drug-likeness (QED) is 0.605. The van der Waals surface area contributed by atoms with Crippen LogP contribution in [0.3, 0.4) is 0 Å². The number of nitrogens with one attached hydrogen (secondary N) is 1. The van der Waals surface area contributed by atoms with E-state index in [0.717, 1.165) is 35.0 Å². The highest BCUT2D eigenvalue weighted by Crippen LogP contribution is 2.29. The molecule has 0 aromatic heterocycles. The maximum Gasteiger partial charge on any atom is 0.123 e. The molecule has 0 bridgehead atoms. The molecule has 0 heterocycles. The molecular weight excluding hydrogens is 353 g/mol. The van der Waals surface area contributed by atoms with E-state index in [1.54, 1.807) is 0 Å². The third kappa shape index (κ3) is 4.72.